The number of nitrogens with one attached hydrogen (secondary N) is 1. The zero-order chi connectivity index (χ0) is 21.2. The van der Waals surface area contributed by atoms with Crippen molar-refractivity contribution in [2.75, 3.05) is 21.3 Å². The number of carbonyl (C=O) groups is 2. The lowest BCUT2D eigenvalue weighted by Crippen LogP contribution is -2.35. The van der Waals surface area contributed by atoms with Gasteiger partial charge >= 0.3 is 5.97 Å². The number of aryl methyl sites for hydroxylation is 1. The summed E-state index contributed by atoms with van der Waals surface area (Å²) < 4.78 is 20.8. The number of esters is 1. The maximum absolute atomic E-state index is 12.2. The highest BCUT2D eigenvalue weighted by atomic mass is 16.5. The molecule has 7 heteroatoms. The van der Waals surface area contributed by atoms with Gasteiger partial charge < -0.3 is 24.3 Å². The minimum absolute atomic E-state index is 0.194. The molecule has 29 heavy (non-hydrogen) atoms. The van der Waals surface area contributed by atoms with E-state index in [1.54, 1.807) is 40.4 Å². The molecule has 0 saturated heterocycles. The van der Waals surface area contributed by atoms with Crippen LogP contribution in [0.15, 0.2) is 42.5 Å². The van der Waals surface area contributed by atoms with Gasteiger partial charge in [-0.1, -0.05) is 18.2 Å². The van der Waals surface area contributed by atoms with Crippen molar-refractivity contribution in [3.8, 4) is 17.2 Å². The number of hydrogen-bond acceptors (Lipinski definition) is 6. The molecular weight excluding hydrogens is 374 g/mol. The fourth-order valence-corrected chi connectivity index (χ4v) is 2.67. The van der Waals surface area contributed by atoms with E-state index in [4.69, 9.17) is 18.9 Å². The van der Waals surface area contributed by atoms with Crippen molar-refractivity contribution in [3.63, 3.8) is 0 Å². The highest BCUT2D eigenvalue weighted by Crippen LogP contribution is 2.27. The van der Waals surface area contributed by atoms with Gasteiger partial charge in [0, 0.05) is 13.0 Å². The zero-order valence-corrected chi connectivity index (χ0v) is 17.2. The second-order valence-electron chi connectivity index (χ2n) is 6.39. The van der Waals surface area contributed by atoms with E-state index in [2.05, 4.69) is 5.32 Å². The van der Waals surface area contributed by atoms with Crippen LogP contribution in [0.3, 0.4) is 0 Å². The van der Waals surface area contributed by atoms with E-state index < -0.39 is 12.1 Å². The van der Waals surface area contributed by atoms with Crippen LogP contribution < -0.4 is 19.5 Å². The molecule has 0 heterocycles. The molecule has 0 aromatic heterocycles. The molecule has 2 aromatic carbocycles. The Morgan fingerprint density at radius 2 is 1.55 bits per heavy atom. The van der Waals surface area contributed by atoms with Crippen molar-refractivity contribution in [3.05, 3.63) is 53.6 Å². The predicted octanol–water partition coefficient (Wildman–Crippen LogP) is 2.89. The summed E-state index contributed by atoms with van der Waals surface area (Å²) >= 11 is 0. The van der Waals surface area contributed by atoms with E-state index in [1.165, 1.54) is 0 Å². The van der Waals surface area contributed by atoms with Crippen molar-refractivity contribution in [1.82, 2.24) is 5.32 Å². The predicted molar refractivity (Wildman–Crippen MR) is 108 cm³/mol. The summed E-state index contributed by atoms with van der Waals surface area (Å²) in [6.45, 7) is 1.84. The molecule has 0 aliphatic carbocycles. The van der Waals surface area contributed by atoms with Gasteiger partial charge in [0.25, 0.3) is 5.91 Å². The molecule has 1 amide bonds. The Balaban J connectivity index is 1.78. The van der Waals surface area contributed by atoms with Crippen LogP contribution >= 0.6 is 0 Å². The molecule has 0 fully saturated rings. The highest BCUT2D eigenvalue weighted by Gasteiger charge is 2.17. The number of methoxy groups -OCH3 is 3. The van der Waals surface area contributed by atoms with Gasteiger partial charge in [0.15, 0.2) is 17.6 Å². The first-order chi connectivity index (χ1) is 14.0. The monoisotopic (exact) mass is 401 g/mol. The summed E-state index contributed by atoms with van der Waals surface area (Å²) in [6.07, 6.45) is -0.152. The smallest absolute Gasteiger partial charge is 0.306 e. The van der Waals surface area contributed by atoms with Crippen molar-refractivity contribution in [2.24, 2.45) is 0 Å². The molecule has 156 valence electrons. The average Bonchev–Trinajstić information content (AvgIpc) is 2.75. The van der Waals surface area contributed by atoms with Crippen LogP contribution in [0.4, 0.5) is 0 Å². The zero-order valence-electron chi connectivity index (χ0n) is 17.2. The topological polar surface area (TPSA) is 83.1 Å². The normalized spacial score (nSPS) is 11.3. The van der Waals surface area contributed by atoms with Crippen LogP contribution in [0.2, 0.25) is 0 Å². The summed E-state index contributed by atoms with van der Waals surface area (Å²) in [5, 5.41) is 2.75. The van der Waals surface area contributed by atoms with Gasteiger partial charge in [-0.2, -0.15) is 0 Å². The third-order valence-electron chi connectivity index (χ3n) is 4.37. The van der Waals surface area contributed by atoms with Crippen LogP contribution in [-0.2, 0) is 27.3 Å². The molecule has 0 spiro atoms. The summed E-state index contributed by atoms with van der Waals surface area (Å²) in [5.74, 6) is 1.17. The van der Waals surface area contributed by atoms with E-state index in [1.807, 2.05) is 30.3 Å². The molecule has 1 atom stereocenters. The number of carbonyl (C=O) groups excluding carboxylic acids is 2. The van der Waals surface area contributed by atoms with Crippen molar-refractivity contribution >= 4 is 11.9 Å². The van der Waals surface area contributed by atoms with Gasteiger partial charge in [0.05, 0.1) is 21.3 Å². The van der Waals surface area contributed by atoms with Gasteiger partial charge in [0.2, 0.25) is 0 Å². The van der Waals surface area contributed by atoms with Crippen LogP contribution in [0.5, 0.6) is 17.2 Å². The lowest BCUT2D eigenvalue weighted by atomic mass is 10.1. The van der Waals surface area contributed by atoms with Crippen LogP contribution in [0, 0.1) is 0 Å². The third kappa shape index (κ3) is 6.71. The molecule has 2 rings (SSSR count). The molecule has 0 bridgehead atoms. The standard InChI is InChI=1S/C22H27NO6/c1-15(29-21(24)12-8-16-5-9-18(26-2)10-6-16)22(25)23-14-17-7-11-19(27-3)20(13-17)28-4/h5-7,9-11,13,15H,8,12,14H2,1-4H3,(H,23,25)/t15-/m1/s1. The number of ether oxygens (including phenoxy) is 4. The van der Waals surface area contributed by atoms with Gasteiger partial charge in [-0.05, 0) is 48.7 Å². The molecule has 0 unspecified atom stereocenters. The second kappa shape index (κ2) is 10.9. The first kappa shape index (κ1) is 22.1. The third-order valence-corrected chi connectivity index (χ3v) is 4.37. The first-order valence-electron chi connectivity index (χ1n) is 9.27. The molecule has 0 aliphatic rings. The molecular formula is C22H27NO6. The summed E-state index contributed by atoms with van der Waals surface area (Å²) in [5.41, 5.74) is 1.84. The molecule has 7 nitrogen and oxygen atoms in total. The Kier molecular flexibility index (Phi) is 8.33. The molecule has 0 radical (unpaired) electrons. The first-order valence-corrected chi connectivity index (χ1v) is 9.27. The minimum Gasteiger partial charge on any atom is -0.497 e. The summed E-state index contributed by atoms with van der Waals surface area (Å²) in [7, 11) is 4.71. The van der Waals surface area contributed by atoms with Crippen molar-refractivity contribution in [1.29, 1.82) is 0 Å². The Hall–Kier alpha value is -3.22. The fourth-order valence-electron chi connectivity index (χ4n) is 2.67. The second-order valence-corrected chi connectivity index (χ2v) is 6.39. The van der Waals surface area contributed by atoms with E-state index >= 15 is 0 Å². The Morgan fingerprint density at radius 1 is 0.897 bits per heavy atom. The number of rotatable bonds is 10. The number of hydrogen-bond donors (Lipinski definition) is 1. The minimum atomic E-state index is -0.876. The van der Waals surface area contributed by atoms with Crippen molar-refractivity contribution < 1.29 is 28.5 Å². The van der Waals surface area contributed by atoms with E-state index in [0.717, 1.165) is 16.9 Å². The van der Waals surface area contributed by atoms with Gasteiger partial charge in [-0.25, -0.2) is 0 Å². The maximum Gasteiger partial charge on any atom is 0.306 e. The van der Waals surface area contributed by atoms with Crippen LogP contribution in [0.25, 0.3) is 0 Å². The quantitative estimate of drug-likeness (QED) is 0.617. The highest BCUT2D eigenvalue weighted by molar-refractivity contribution is 5.83. The fraction of sp³-hybridized carbons (Fsp3) is 0.364. The van der Waals surface area contributed by atoms with E-state index in [0.29, 0.717) is 17.9 Å². The molecule has 1 N–H and O–H groups in total. The van der Waals surface area contributed by atoms with Gasteiger partial charge in [-0.15, -0.1) is 0 Å². The Labute approximate surface area is 170 Å². The summed E-state index contributed by atoms with van der Waals surface area (Å²) in [6, 6.07) is 12.8. The van der Waals surface area contributed by atoms with Crippen molar-refractivity contribution in [2.45, 2.75) is 32.4 Å². The number of amides is 1. The Morgan fingerprint density at radius 3 is 2.17 bits per heavy atom. The van der Waals surface area contributed by atoms with Gasteiger partial charge in [0.1, 0.15) is 5.75 Å². The average molecular weight is 401 g/mol. The SMILES string of the molecule is COc1ccc(CCC(=O)O[C@H](C)C(=O)NCc2ccc(OC)c(OC)c2)cc1. The van der Waals surface area contributed by atoms with Crippen LogP contribution in [0.1, 0.15) is 24.5 Å². The molecule has 0 saturated carbocycles. The summed E-state index contributed by atoms with van der Waals surface area (Å²) in [4.78, 5) is 24.2. The van der Waals surface area contributed by atoms with E-state index in [9.17, 15) is 9.59 Å². The van der Waals surface area contributed by atoms with Gasteiger partial charge in [-0.3, -0.25) is 9.59 Å². The largest absolute Gasteiger partial charge is 0.497 e. The molecule has 2 aromatic rings. The van der Waals surface area contributed by atoms with Crippen LogP contribution in [-0.4, -0.2) is 39.3 Å². The number of benzene rings is 2. The lowest BCUT2D eigenvalue weighted by Gasteiger charge is -2.14. The maximum atomic E-state index is 12.2. The lowest BCUT2D eigenvalue weighted by molar-refractivity contribution is -0.154. The Bertz CT molecular complexity index is 819. The van der Waals surface area contributed by atoms with E-state index in [-0.39, 0.29) is 18.9 Å². The molecule has 0 aliphatic heterocycles.